The molecular weight excluding hydrogens is 190 g/mol. The summed E-state index contributed by atoms with van der Waals surface area (Å²) >= 11 is 0. The number of carbonyl (C=O) groups is 1. The maximum Gasteiger partial charge on any atom is 0.225 e. The third-order valence-electron chi connectivity index (χ3n) is 2.82. The third kappa shape index (κ3) is 4.42. The highest BCUT2D eigenvalue weighted by molar-refractivity contribution is 5.98. The summed E-state index contributed by atoms with van der Waals surface area (Å²) in [4.78, 5) is 15.6. The predicted octanol–water partition coefficient (Wildman–Crippen LogP) is 0.931. The second-order valence-corrected chi connectivity index (χ2v) is 3.97. The van der Waals surface area contributed by atoms with Crippen LogP contribution < -0.4 is 10.6 Å². The lowest BCUT2D eigenvalue weighted by Gasteiger charge is -2.21. The summed E-state index contributed by atoms with van der Waals surface area (Å²) in [6, 6.07) is 0. The van der Waals surface area contributed by atoms with Gasteiger partial charge in [-0.25, -0.2) is 0 Å². The van der Waals surface area contributed by atoms with Crippen LogP contribution in [0.4, 0.5) is 0 Å². The number of amides is 1. The zero-order chi connectivity index (χ0) is 11.1. The van der Waals surface area contributed by atoms with Crippen molar-refractivity contribution in [1.82, 2.24) is 10.6 Å². The lowest BCUT2D eigenvalue weighted by atomic mass is 9.94. The number of hydrogen-bond donors (Lipinski definition) is 2. The van der Waals surface area contributed by atoms with E-state index >= 15 is 0 Å². The Balaban J connectivity index is 2.28. The highest BCUT2D eigenvalue weighted by Gasteiger charge is 2.16. The molecule has 1 aliphatic heterocycles. The van der Waals surface area contributed by atoms with Gasteiger partial charge in [0.15, 0.2) is 0 Å². The molecule has 0 aromatic heterocycles. The first kappa shape index (κ1) is 12.2. The summed E-state index contributed by atoms with van der Waals surface area (Å²) < 4.78 is 0. The second-order valence-electron chi connectivity index (χ2n) is 3.97. The van der Waals surface area contributed by atoms with E-state index < -0.39 is 0 Å². The van der Waals surface area contributed by atoms with Crippen molar-refractivity contribution in [2.45, 2.75) is 32.6 Å². The Labute approximate surface area is 91.5 Å². The molecule has 1 amide bonds. The number of amidine groups is 1. The molecule has 0 spiro atoms. The first-order valence-corrected chi connectivity index (χ1v) is 5.72. The van der Waals surface area contributed by atoms with Crippen molar-refractivity contribution in [3.63, 3.8) is 0 Å². The van der Waals surface area contributed by atoms with E-state index in [0.29, 0.717) is 12.3 Å². The minimum atomic E-state index is 0.115. The van der Waals surface area contributed by atoms with Gasteiger partial charge in [-0.3, -0.25) is 9.79 Å². The van der Waals surface area contributed by atoms with Gasteiger partial charge in [-0.1, -0.05) is 6.92 Å². The topological polar surface area (TPSA) is 53.5 Å². The Morgan fingerprint density at radius 2 is 2.13 bits per heavy atom. The molecule has 1 aliphatic rings. The van der Waals surface area contributed by atoms with E-state index in [-0.39, 0.29) is 5.91 Å². The zero-order valence-electron chi connectivity index (χ0n) is 9.68. The van der Waals surface area contributed by atoms with Crippen molar-refractivity contribution >= 4 is 11.7 Å². The Bertz CT molecular complexity index is 232. The number of piperidine rings is 1. The summed E-state index contributed by atoms with van der Waals surface area (Å²) in [5, 5.41) is 6.15. The first-order valence-electron chi connectivity index (χ1n) is 5.72. The van der Waals surface area contributed by atoms with E-state index in [9.17, 15) is 4.79 Å². The van der Waals surface area contributed by atoms with Crippen LogP contribution in [-0.2, 0) is 4.79 Å². The van der Waals surface area contributed by atoms with Crippen LogP contribution in [0.1, 0.15) is 32.6 Å². The van der Waals surface area contributed by atoms with Gasteiger partial charge in [0, 0.05) is 19.9 Å². The van der Waals surface area contributed by atoms with Gasteiger partial charge >= 0.3 is 0 Å². The van der Waals surface area contributed by atoms with Crippen LogP contribution in [0.25, 0.3) is 0 Å². The molecule has 1 saturated heterocycles. The van der Waals surface area contributed by atoms with E-state index in [1.807, 2.05) is 6.92 Å². The van der Waals surface area contributed by atoms with Crippen molar-refractivity contribution < 1.29 is 4.79 Å². The average Bonchev–Trinajstić information content (AvgIpc) is 2.27. The minimum Gasteiger partial charge on any atom is -0.317 e. The molecule has 4 nitrogen and oxygen atoms in total. The molecular formula is C11H21N3O. The standard InChI is InChI=1S/C11H21N3O/c1-3-10(12-2)14-11(15)8-9-4-6-13-7-5-9/h9,13H,3-8H2,1-2H3,(H,12,14,15). The lowest BCUT2D eigenvalue weighted by molar-refractivity contribution is -0.120. The third-order valence-corrected chi connectivity index (χ3v) is 2.82. The molecule has 2 N–H and O–H groups in total. The van der Waals surface area contributed by atoms with E-state index in [4.69, 9.17) is 0 Å². The van der Waals surface area contributed by atoms with Crippen LogP contribution in [0.2, 0.25) is 0 Å². The molecule has 1 rings (SSSR count). The molecule has 15 heavy (non-hydrogen) atoms. The number of nitrogens with one attached hydrogen (secondary N) is 2. The van der Waals surface area contributed by atoms with Crippen LogP contribution in [-0.4, -0.2) is 31.9 Å². The largest absolute Gasteiger partial charge is 0.317 e. The summed E-state index contributed by atoms with van der Waals surface area (Å²) in [5.74, 6) is 1.44. The fourth-order valence-electron chi connectivity index (χ4n) is 1.86. The molecule has 0 unspecified atom stereocenters. The van der Waals surface area contributed by atoms with Crippen LogP contribution in [0, 0.1) is 5.92 Å². The summed E-state index contributed by atoms with van der Waals surface area (Å²) in [6.07, 6.45) is 3.64. The predicted molar refractivity (Wildman–Crippen MR) is 62.0 cm³/mol. The number of hydrogen-bond acceptors (Lipinski definition) is 3. The van der Waals surface area contributed by atoms with Crippen LogP contribution in [0.15, 0.2) is 4.99 Å². The van der Waals surface area contributed by atoms with Crippen molar-refractivity contribution in [1.29, 1.82) is 0 Å². The van der Waals surface area contributed by atoms with Crippen molar-refractivity contribution in [2.75, 3.05) is 20.1 Å². The first-order chi connectivity index (χ1) is 7.26. The monoisotopic (exact) mass is 211 g/mol. The fraction of sp³-hybridized carbons (Fsp3) is 0.818. The molecule has 0 atom stereocenters. The SMILES string of the molecule is CCC(=NC)NC(=O)CC1CCNCC1. The van der Waals surface area contributed by atoms with Crippen molar-refractivity contribution in [3.8, 4) is 0 Å². The Morgan fingerprint density at radius 1 is 1.47 bits per heavy atom. The molecule has 0 bridgehead atoms. The van der Waals surface area contributed by atoms with Gasteiger partial charge in [0.2, 0.25) is 5.91 Å². The minimum absolute atomic E-state index is 0.115. The number of rotatable bonds is 3. The van der Waals surface area contributed by atoms with Gasteiger partial charge in [0.1, 0.15) is 5.84 Å². The van der Waals surface area contributed by atoms with Gasteiger partial charge in [-0.15, -0.1) is 0 Å². The van der Waals surface area contributed by atoms with Gasteiger partial charge in [-0.2, -0.15) is 0 Å². The van der Waals surface area contributed by atoms with Crippen LogP contribution in [0.3, 0.4) is 0 Å². The lowest BCUT2D eigenvalue weighted by Crippen LogP contribution is -2.34. The maximum absolute atomic E-state index is 11.6. The van der Waals surface area contributed by atoms with Gasteiger partial charge in [-0.05, 0) is 31.8 Å². The number of carbonyl (C=O) groups excluding carboxylic acids is 1. The molecule has 0 aromatic rings. The average molecular weight is 211 g/mol. The van der Waals surface area contributed by atoms with Crippen molar-refractivity contribution in [2.24, 2.45) is 10.9 Å². The quantitative estimate of drug-likeness (QED) is 0.539. The number of aliphatic imine (C=N–C) groups is 1. The van der Waals surface area contributed by atoms with E-state index in [2.05, 4.69) is 15.6 Å². The molecule has 4 heteroatoms. The second kappa shape index (κ2) is 6.56. The van der Waals surface area contributed by atoms with Gasteiger partial charge in [0.05, 0.1) is 0 Å². The van der Waals surface area contributed by atoms with Crippen LogP contribution in [0.5, 0.6) is 0 Å². The van der Waals surface area contributed by atoms with E-state index in [1.165, 1.54) is 0 Å². The molecule has 0 aromatic carbocycles. The fourth-order valence-corrected chi connectivity index (χ4v) is 1.86. The zero-order valence-corrected chi connectivity index (χ0v) is 9.68. The summed E-state index contributed by atoms with van der Waals surface area (Å²) in [7, 11) is 1.71. The molecule has 0 saturated carbocycles. The Hall–Kier alpha value is -0.900. The maximum atomic E-state index is 11.6. The van der Waals surface area contributed by atoms with Crippen molar-refractivity contribution in [3.05, 3.63) is 0 Å². The van der Waals surface area contributed by atoms with Gasteiger partial charge in [0.25, 0.3) is 0 Å². The summed E-state index contributed by atoms with van der Waals surface area (Å²) in [5.41, 5.74) is 0. The molecule has 86 valence electrons. The molecule has 0 radical (unpaired) electrons. The molecule has 0 aliphatic carbocycles. The molecule has 1 fully saturated rings. The van der Waals surface area contributed by atoms with Gasteiger partial charge < -0.3 is 10.6 Å². The van der Waals surface area contributed by atoms with E-state index in [1.54, 1.807) is 7.05 Å². The number of nitrogens with zero attached hydrogens (tertiary/aromatic N) is 1. The Kier molecular flexibility index (Phi) is 5.32. The smallest absolute Gasteiger partial charge is 0.225 e. The summed E-state index contributed by atoms with van der Waals surface area (Å²) in [6.45, 7) is 4.08. The van der Waals surface area contributed by atoms with E-state index in [0.717, 1.165) is 38.2 Å². The highest BCUT2D eigenvalue weighted by atomic mass is 16.1. The van der Waals surface area contributed by atoms with Crippen LogP contribution >= 0.6 is 0 Å². The normalized spacial score (nSPS) is 18.9. The molecule has 1 heterocycles. The highest BCUT2D eigenvalue weighted by Crippen LogP contribution is 2.15. The Morgan fingerprint density at radius 3 is 2.67 bits per heavy atom.